The van der Waals surface area contributed by atoms with Gasteiger partial charge in [0.1, 0.15) is 5.75 Å². The van der Waals surface area contributed by atoms with Gasteiger partial charge < -0.3 is 5.11 Å². The summed E-state index contributed by atoms with van der Waals surface area (Å²) >= 11 is 0. The number of hydrogen-bond acceptors (Lipinski definition) is 1. The van der Waals surface area contributed by atoms with Crippen LogP contribution in [0.2, 0.25) is 0 Å². The average molecular weight is 183 g/mol. The quantitative estimate of drug-likeness (QED) is 0.709. The predicted molar refractivity (Wildman–Crippen MR) is 58.3 cm³/mol. The molecule has 14 heavy (non-hydrogen) atoms. The molecule has 0 heterocycles. The number of phenols is 1. The molecule has 0 spiro atoms. The Morgan fingerprint density at radius 2 is 2.14 bits per heavy atom. The zero-order valence-electron chi connectivity index (χ0n) is 7.83. The highest BCUT2D eigenvalue weighted by atomic mass is 16.3. The maximum atomic E-state index is 9.34. The molecule has 2 rings (SSSR count). The van der Waals surface area contributed by atoms with E-state index in [0.717, 1.165) is 22.8 Å². The van der Waals surface area contributed by atoms with E-state index in [1.54, 1.807) is 6.07 Å². The van der Waals surface area contributed by atoms with Gasteiger partial charge in [0, 0.05) is 6.07 Å². The fourth-order valence-corrected chi connectivity index (χ4v) is 1.58. The van der Waals surface area contributed by atoms with Crippen molar-refractivity contribution in [1.82, 2.24) is 0 Å². The smallest absolute Gasteiger partial charge is 0.124 e. The van der Waals surface area contributed by atoms with E-state index in [4.69, 9.17) is 0 Å². The third-order valence-corrected chi connectivity index (χ3v) is 2.22. The zero-order chi connectivity index (χ0) is 9.97. The van der Waals surface area contributed by atoms with Crippen LogP contribution in [0.4, 0.5) is 0 Å². The lowest BCUT2D eigenvalue weighted by Gasteiger charge is -2.03. The molecule has 0 saturated carbocycles. The molecule has 0 unspecified atom stereocenters. The number of fused-ring (bicyclic) bond motifs is 1. The highest BCUT2D eigenvalue weighted by molar-refractivity contribution is 5.86. The molecule has 2 aromatic carbocycles. The first kappa shape index (κ1) is 8.82. The van der Waals surface area contributed by atoms with E-state index in [0.29, 0.717) is 0 Å². The molecule has 0 amide bonds. The van der Waals surface area contributed by atoms with Crippen LogP contribution in [0.1, 0.15) is 5.56 Å². The summed E-state index contributed by atoms with van der Waals surface area (Å²) in [5.41, 5.74) is 1.15. The summed E-state index contributed by atoms with van der Waals surface area (Å²) < 4.78 is 0. The molecule has 1 radical (unpaired) electrons. The van der Waals surface area contributed by atoms with Crippen molar-refractivity contribution >= 4 is 10.8 Å². The van der Waals surface area contributed by atoms with Crippen LogP contribution in [0.3, 0.4) is 0 Å². The Bertz CT molecular complexity index is 472. The summed E-state index contributed by atoms with van der Waals surface area (Å²) in [7, 11) is 0. The summed E-state index contributed by atoms with van der Waals surface area (Å²) in [6, 6.07) is 12.5. The molecule has 69 valence electrons. The first-order valence-corrected chi connectivity index (χ1v) is 4.55. The van der Waals surface area contributed by atoms with E-state index in [1.165, 1.54) is 0 Å². The standard InChI is InChI=1S/C13H11O/c1-2-4-10-5-3-6-11-7-8-12(14)9-13(10)11/h2-3,5-8,14H,1,4H2. The van der Waals surface area contributed by atoms with Gasteiger partial charge in [0.05, 0.1) is 0 Å². The largest absolute Gasteiger partial charge is 0.507 e. The molecule has 0 aromatic heterocycles. The molecule has 1 nitrogen and oxygen atoms in total. The van der Waals surface area contributed by atoms with Crippen molar-refractivity contribution in [3.05, 3.63) is 54.6 Å². The summed E-state index contributed by atoms with van der Waals surface area (Å²) in [4.78, 5) is 0. The van der Waals surface area contributed by atoms with Gasteiger partial charge in [0.15, 0.2) is 0 Å². The van der Waals surface area contributed by atoms with E-state index in [-0.39, 0.29) is 5.75 Å². The van der Waals surface area contributed by atoms with Crippen molar-refractivity contribution in [3.8, 4) is 5.75 Å². The molecule has 0 fully saturated rings. The fraction of sp³-hybridized carbons (Fsp3) is 0.0769. The normalized spacial score (nSPS) is 10.3. The average Bonchev–Trinajstić information content (AvgIpc) is 2.19. The minimum Gasteiger partial charge on any atom is -0.507 e. The number of allylic oxidation sites excluding steroid dienone is 1. The lowest BCUT2D eigenvalue weighted by molar-refractivity contribution is 0.475. The number of aromatic hydroxyl groups is 1. The molecule has 0 bridgehead atoms. The Labute approximate surface area is 83.3 Å². The minimum absolute atomic E-state index is 0.189. The Morgan fingerprint density at radius 3 is 2.93 bits per heavy atom. The van der Waals surface area contributed by atoms with Crippen LogP contribution < -0.4 is 0 Å². The van der Waals surface area contributed by atoms with Crippen molar-refractivity contribution < 1.29 is 5.11 Å². The highest BCUT2D eigenvalue weighted by Gasteiger charge is 2.00. The highest BCUT2D eigenvalue weighted by Crippen LogP contribution is 2.22. The molecule has 0 atom stereocenters. The van der Waals surface area contributed by atoms with E-state index in [1.807, 2.05) is 30.3 Å². The molecule has 1 N–H and O–H groups in total. The lowest BCUT2D eigenvalue weighted by atomic mass is 10.0. The first-order chi connectivity index (χ1) is 6.81. The van der Waals surface area contributed by atoms with E-state index in [2.05, 4.69) is 12.6 Å². The van der Waals surface area contributed by atoms with Gasteiger partial charge in [0.25, 0.3) is 0 Å². The van der Waals surface area contributed by atoms with Crippen LogP contribution in [-0.4, -0.2) is 5.11 Å². The maximum Gasteiger partial charge on any atom is 0.124 e. The number of benzene rings is 2. The van der Waals surface area contributed by atoms with Gasteiger partial charge in [0.2, 0.25) is 0 Å². The lowest BCUT2D eigenvalue weighted by Crippen LogP contribution is -1.83. The van der Waals surface area contributed by atoms with Crippen molar-refractivity contribution in [3.63, 3.8) is 0 Å². The second-order valence-electron chi connectivity index (χ2n) is 3.22. The van der Waals surface area contributed by atoms with Gasteiger partial charge in [-0.25, -0.2) is 0 Å². The molecule has 0 aliphatic carbocycles. The van der Waals surface area contributed by atoms with Crippen LogP contribution in [-0.2, 0) is 6.42 Å². The second-order valence-corrected chi connectivity index (χ2v) is 3.22. The van der Waals surface area contributed by atoms with Gasteiger partial charge >= 0.3 is 0 Å². The second kappa shape index (κ2) is 3.54. The van der Waals surface area contributed by atoms with Crippen LogP contribution in [0.15, 0.2) is 43.0 Å². The summed E-state index contributed by atoms with van der Waals surface area (Å²) in [6.07, 6.45) is 2.66. The summed E-state index contributed by atoms with van der Waals surface area (Å²) in [5, 5.41) is 11.4. The number of phenolic OH excluding ortho intramolecular Hbond substituents is 1. The molecule has 0 aliphatic heterocycles. The molecule has 2 aromatic rings. The third-order valence-electron chi connectivity index (χ3n) is 2.22. The molecular weight excluding hydrogens is 172 g/mol. The van der Waals surface area contributed by atoms with Crippen LogP contribution in [0.25, 0.3) is 10.8 Å². The zero-order valence-corrected chi connectivity index (χ0v) is 7.83. The van der Waals surface area contributed by atoms with Crippen molar-refractivity contribution in [2.24, 2.45) is 0 Å². The Morgan fingerprint density at radius 1 is 1.29 bits per heavy atom. The van der Waals surface area contributed by atoms with E-state index < -0.39 is 0 Å². The Hall–Kier alpha value is -1.76. The fourth-order valence-electron chi connectivity index (χ4n) is 1.58. The van der Waals surface area contributed by atoms with E-state index in [9.17, 15) is 5.11 Å². The van der Waals surface area contributed by atoms with Gasteiger partial charge in [-0.3, -0.25) is 0 Å². The van der Waals surface area contributed by atoms with Gasteiger partial charge in [-0.05, 0) is 28.8 Å². The monoisotopic (exact) mass is 183 g/mol. The van der Waals surface area contributed by atoms with Crippen LogP contribution in [0.5, 0.6) is 5.75 Å². The SMILES string of the molecule is C=CCc1cccc2ccc(O)[c]c12. The minimum atomic E-state index is 0.189. The number of hydrogen-bond donors (Lipinski definition) is 1. The van der Waals surface area contributed by atoms with Crippen molar-refractivity contribution in [1.29, 1.82) is 0 Å². The molecule has 0 saturated heterocycles. The van der Waals surface area contributed by atoms with Crippen LogP contribution in [0, 0.1) is 6.07 Å². The van der Waals surface area contributed by atoms with Crippen molar-refractivity contribution in [2.45, 2.75) is 6.42 Å². The van der Waals surface area contributed by atoms with Crippen LogP contribution >= 0.6 is 0 Å². The van der Waals surface area contributed by atoms with Crippen molar-refractivity contribution in [2.75, 3.05) is 0 Å². The summed E-state index contributed by atoms with van der Waals surface area (Å²) in [5.74, 6) is 0.189. The summed E-state index contributed by atoms with van der Waals surface area (Å²) in [6.45, 7) is 3.71. The molecule has 1 heteroatoms. The Kier molecular flexibility index (Phi) is 2.23. The first-order valence-electron chi connectivity index (χ1n) is 4.55. The predicted octanol–water partition coefficient (Wildman–Crippen LogP) is 3.07. The van der Waals surface area contributed by atoms with Gasteiger partial charge in [-0.2, -0.15) is 0 Å². The molecule has 0 aliphatic rings. The Balaban J connectivity index is 2.70. The third kappa shape index (κ3) is 1.49. The van der Waals surface area contributed by atoms with E-state index >= 15 is 0 Å². The topological polar surface area (TPSA) is 20.2 Å². The maximum absolute atomic E-state index is 9.34. The van der Waals surface area contributed by atoms with Gasteiger partial charge in [-0.15, -0.1) is 6.58 Å². The van der Waals surface area contributed by atoms with Gasteiger partial charge in [-0.1, -0.05) is 30.3 Å². The molecular formula is C13H11O. The number of rotatable bonds is 2.